The van der Waals surface area contributed by atoms with Crippen molar-refractivity contribution in [3.63, 3.8) is 0 Å². The highest BCUT2D eigenvalue weighted by atomic mass is 16.3. The van der Waals surface area contributed by atoms with Crippen LogP contribution in [-0.4, -0.2) is 12.5 Å². The monoisotopic (exact) mass is 218 g/mol. The summed E-state index contributed by atoms with van der Waals surface area (Å²) in [6, 6.07) is 7.87. The molecule has 0 aliphatic heterocycles. The standard InChI is InChI=1S/C12H14N2O2/c13-12(15)5-6-14-7-9-8-16-11-4-2-1-3-10(9)11/h1-4,8,14H,5-7H2,(H2,13,15). The SMILES string of the molecule is NC(=O)CCNCc1coc2ccccc12. The maximum Gasteiger partial charge on any atom is 0.218 e. The molecule has 0 saturated heterocycles. The number of fused-ring (bicyclic) bond motifs is 1. The Balaban J connectivity index is 1.97. The predicted molar refractivity (Wildman–Crippen MR) is 61.7 cm³/mol. The summed E-state index contributed by atoms with van der Waals surface area (Å²) in [5.74, 6) is -0.287. The van der Waals surface area contributed by atoms with Gasteiger partial charge in [0.1, 0.15) is 5.58 Å². The molecule has 0 bridgehead atoms. The van der Waals surface area contributed by atoms with Gasteiger partial charge in [0.25, 0.3) is 0 Å². The Morgan fingerprint density at radius 3 is 3.00 bits per heavy atom. The second kappa shape index (κ2) is 4.81. The molecule has 16 heavy (non-hydrogen) atoms. The van der Waals surface area contributed by atoms with Gasteiger partial charge in [0.15, 0.2) is 0 Å². The number of nitrogens with two attached hydrogens (primary N) is 1. The predicted octanol–water partition coefficient (Wildman–Crippen LogP) is 1.40. The molecule has 4 heteroatoms. The molecule has 0 aliphatic rings. The smallest absolute Gasteiger partial charge is 0.218 e. The van der Waals surface area contributed by atoms with Crippen molar-refractivity contribution in [2.75, 3.05) is 6.54 Å². The molecular weight excluding hydrogens is 204 g/mol. The lowest BCUT2D eigenvalue weighted by atomic mass is 10.2. The zero-order valence-electron chi connectivity index (χ0n) is 8.90. The largest absolute Gasteiger partial charge is 0.464 e. The van der Waals surface area contributed by atoms with E-state index in [2.05, 4.69) is 5.32 Å². The summed E-state index contributed by atoms with van der Waals surface area (Å²) < 4.78 is 5.40. The van der Waals surface area contributed by atoms with Gasteiger partial charge < -0.3 is 15.5 Å². The second-order valence-electron chi connectivity index (χ2n) is 3.65. The maximum absolute atomic E-state index is 10.5. The molecule has 84 valence electrons. The van der Waals surface area contributed by atoms with E-state index in [9.17, 15) is 4.79 Å². The number of amides is 1. The van der Waals surface area contributed by atoms with E-state index < -0.39 is 0 Å². The van der Waals surface area contributed by atoms with E-state index in [0.29, 0.717) is 19.5 Å². The lowest BCUT2D eigenvalue weighted by molar-refractivity contribution is -0.117. The van der Waals surface area contributed by atoms with Gasteiger partial charge in [-0.2, -0.15) is 0 Å². The summed E-state index contributed by atoms with van der Waals surface area (Å²) in [6.07, 6.45) is 2.09. The number of benzene rings is 1. The average molecular weight is 218 g/mol. The normalized spacial score (nSPS) is 10.8. The van der Waals surface area contributed by atoms with Gasteiger partial charge in [-0.25, -0.2) is 0 Å². The van der Waals surface area contributed by atoms with Gasteiger partial charge in [-0.1, -0.05) is 18.2 Å². The lowest BCUT2D eigenvalue weighted by Crippen LogP contribution is -2.21. The molecule has 0 aliphatic carbocycles. The Kier molecular flexibility index (Phi) is 3.22. The number of carbonyl (C=O) groups is 1. The highest BCUT2D eigenvalue weighted by molar-refractivity contribution is 5.80. The number of carbonyl (C=O) groups excluding carboxylic acids is 1. The highest BCUT2D eigenvalue weighted by Crippen LogP contribution is 2.20. The molecule has 1 aromatic carbocycles. The van der Waals surface area contributed by atoms with Crippen molar-refractivity contribution in [2.45, 2.75) is 13.0 Å². The van der Waals surface area contributed by atoms with Gasteiger partial charge in [0.2, 0.25) is 5.91 Å². The van der Waals surface area contributed by atoms with Crippen LogP contribution in [0.15, 0.2) is 34.9 Å². The van der Waals surface area contributed by atoms with Crippen LogP contribution >= 0.6 is 0 Å². The summed E-state index contributed by atoms with van der Waals surface area (Å²) in [7, 11) is 0. The number of hydrogen-bond donors (Lipinski definition) is 2. The Hall–Kier alpha value is -1.81. The number of furan rings is 1. The lowest BCUT2D eigenvalue weighted by Gasteiger charge is -2.00. The zero-order valence-corrected chi connectivity index (χ0v) is 8.90. The van der Waals surface area contributed by atoms with Crippen LogP contribution in [0.1, 0.15) is 12.0 Å². The van der Waals surface area contributed by atoms with E-state index in [1.807, 2.05) is 24.3 Å². The topological polar surface area (TPSA) is 68.3 Å². The van der Waals surface area contributed by atoms with Crippen LogP contribution < -0.4 is 11.1 Å². The average Bonchev–Trinajstić information content (AvgIpc) is 2.68. The summed E-state index contributed by atoms with van der Waals surface area (Å²) in [4.78, 5) is 10.5. The van der Waals surface area contributed by atoms with E-state index in [1.54, 1.807) is 6.26 Å². The first kappa shape index (κ1) is 10.7. The first-order chi connectivity index (χ1) is 7.77. The molecule has 2 rings (SSSR count). The van der Waals surface area contributed by atoms with Crippen LogP contribution in [-0.2, 0) is 11.3 Å². The summed E-state index contributed by atoms with van der Waals surface area (Å²) in [5, 5.41) is 4.26. The minimum atomic E-state index is -0.287. The fraction of sp³-hybridized carbons (Fsp3) is 0.250. The molecule has 0 radical (unpaired) electrons. The van der Waals surface area contributed by atoms with Crippen molar-refractivity contribution in [3.8, 4) is 0 Å². The highest BCUT2D eigenvalue weighted by Gasteiger charge is 2.04. The summed E-state index contributed by atoms with van der Waals surface area (Å²) >= 11 is 0. The molecule has 4 nitrogen and oxygen atoms in total. The fourth-order valence-corrected chi connectivity index (χ4v) is 1.60. The van der Waals surface area contributed by atoms with Gasteiger partial charge >= 0.3 is 0 Å². The van der Waals surface area contributed by atoms with Crippen LogP contribution in [0.5, 0.6) is 0 Å². The van der Waals surface area contributed by atoms with Gasteiger partial charge in [-0.15, -0.1) is 0 Å². The minimum absolute atomic E-state index is 0.287. The maximum atomic E-state index is 10.5. The van der Waals surface area contributed by atoms with Crippen LogP contribution in [0.4, 0.5) is 0 Å². The van der Waals surface area contributed by atoms with Crippen molar-refractivity contribution in [1.29, 1.82) is 0 Å². The summed E-state index contributed by atoms with van der Waals surface area (Å²) in [5.41, 5.74) is 7.03. The molecule has 0 unspecified atom stereocenters. The molecule has 2 aromatic rings. The molecule has 1 aromatic heterocycles. The second-order valence-corrected chi connectivity index (χ2v) is 3.65. The van der Waals surface area contributed by atoms with Gasteiger partial charge in [-0.3, -0.25) is 4.79 Å². The Labute approximate surface area is 93.4 Å². The van der Waals surface area contributed by atoms with Crippen LogP contribution in [0.2, 0.25) is 0 Å². The van der Waals surface area contributed by atoms with Gasteiger partial charge in [0.05, 0.1) is 6.26 Å². The van der Waals surface area contributed by atoms with Crippen LogP contribution in [0.25, 0.3) is 11.0 Å². The van der Waals surface area contributed by atoms with E-state index >= 15 is 0 Å². The van der Waals surface area contributed by atoms with E-state index in [0.717, 1.165) is 16.5 Å². The summed E-state index contributed by atoms with van der Waals surface area (Å²) in [6.45, 7) is 1.28. The molecule has 3 N–H and O–H groups in total. The number of nitrogens with one attached hydrogen (secondary N) is 1. The Morgan fingerprint density at radius 1 is 1.38 bits per heavy atom. The van der Waals surface area contributed by atoms with Crippen LogP contribution in [0.3, 0.4) is 0 Å². The van der Waals surface area contributed by atoms with E-state index in [4.69, 9.17) is 10.2 Å². The van der Waals surface area contributed by atoms with Gasteiger partial charge in [-0.05, 0) is 6.07 Å². The fourth-order valence-electron chi connectivity index (χ4n) is 1.60. The third kappa shape index (κ3) is 2.41. The van der Waals surface area contributed by atoms with E-state index in [1.165, 1.54) is 0 Å². The van der Waals surface area contributed by atoms with Crippen molar-refractivity contribution in [1.82, 2.24) is 5.32 Å². The number of para-hydroxylation sites is 1. The van der Waals surface area contributed by atoms with Crippen LogP contribution in [0, 0.1) is 0 Å². The zero-order chi connectivity index (χ0) is 11.4. The number of rotatable bonds is 5. The number of hydrogen-bond acceptors (Lipinski definition) is 3. The molecule has 0 spiro atoms. The van der Waals surface area contributed by atoms with Crippen molar-refractivity contribution < 1.29 is 9.21 Å². The first-order valence-corrected chi connectivity index (χ1v) is 5.21. The van der Waals surface area contributed by atoms with Gasteiger partial charge in [0, 0.05) is 30.5 Å². The Morgan fingerprint density at radius 2 is 2.19 bits per heavy atom. The third-order valence-electron chi connectivity index (χ3n) is 2.42. The minimum Gasteiger partial charge on any atom is -0.464 e. The van der Waals surface area contributed by atoms with Crippen molar-refractivity contribution >= 4 is 16.9 Å². The molecule has 0 saturated carbocycles. The number of primary amides is 1. The quantitative estimate of drug-likeness (QED) is 0.745. The Bertz CT molecular complexity index is 490. The third-order valence-corrected chi connectivity index (χ3v) is 2.42. The molecule has 1 amide bonds. The van der Waals surface area contributed by atoms with E-state index in [-0.39, 0.29) is 5.91 Å². The van der Waals surface area contributed by atoms with Crippen molar-refractivity contribution in [2.24, 2.45) is 5.73 Å². The molecule has 0 fully saturated rings. The molecule has 0 atom stereocenters. The molecule has 1 heterocycles. The van der Waals surface area contributed by atoms with Crippen molar-refractivity contribution in [3.05, 3.63) is 36.1 Å². The first-order valence-electron chi connectivity index (χ1n) is 5.21. The molecular formula is C12H14N2O2.